The predicted molar refractivity (Wildman–Crippen MR) is 110 cm³/mol. The van der Waals surface area contributed by atoms with E-state index in [0.717, 1.165) is 44.1 Å². The Morgan fingerprint density at radius 3 is 2.58 bits per heavy atom. The van der Waals surface area contributed by atoms with Crippen LogP contribution in [0.3, 0.4) is 0 Å². The van der Waals surface area contributed by atoms with Crippen molar-refractivity contribution in [2.45, 2.75) is 46.6 Å². The number of hydrogen-bond donors (Lipinski definition) is 3. The first-order chi connectivity index (χ1) is 12.5. The Morgan fingerprint density at radius 1 is 1.31 bits per heavy atom. The molecular formula is C18H34N6OS. The van der Waals surface area contributed by atoms with Crippen LogP contribution >= 0.6 is 11.3 Å². The minimum absolute atomic E-state index is 0.0699. The second kappa shape index (κ2) is 12.6. The normalized spacial score (nSPS) is 12.9. The molecular weight excluding hydrogens is 348 g/mol. The number of aliphatic imine (C=N–C) groups is 1. The van der Waals surface area contributed by atoms with Gasteiger partial charge in [-0.25, -0.2) is 4.98 Å². The minimum atomic E-state index is -0.0699. The van der Waals surface area contributed by atoms with Crippen molar-refractivity contribution >= 4 is 23.2 Å². The first kappa shape index (κ1) is 22.4. The number of carbonyl (C=O) groups excluding carboxylic acids is 1. The number of nitrogens with one attached hydrogen (secondary N) is 3. The third-order valence-corrected chi connectivity index (χ3v) is 5.19. The van der Waals surface area contributed by atoms with Gasteiger partial charge in [-0.1, -0.05) is 13.8 Å². The molecule has 0 aliphatic rings. The molecule has 0 aromatic carbocycles. The summed E-state index contributed by atoms with van der Waals surface area (Å²) in [6.45, 7) is 12.9. The quantitative estimate of drug-likeness (QED) is 0.309. The fourth-order valence-electron chi connectivity index (χ4n) is 2.62. The molecule has 1 aromatic rings. The van der Waals surface area contributed by atoms with Crippen LogP contribution in [0, 0.1) is 6.92 Å². The minimum Gasteiger partial charge on any atom is -0.355 e. The van der Waals surface area contributed by atoms with Gasteiger partial charge in [0, 0.05) is 26.2 Å². The van der Waals surface area contributed by atoms with Crippen molar-refractivity contribution in [1.82, 2.24) is 25.8 Å². The van der Waals surface area contributed by atoms with Gasteiger partial charge < -0.3 is 20.9 Å². The summed E-state index contributed by atoms with van der Waals surface area (Å²) in [4.78, 5) is 23.5. The number of aromatic nitrogens is 1. The maximum absolute atomic E-state index is 12.0. The van der Waals surface area contributed by atoms with Crippen LogP contribution in [-0.4, -0.2) is 67.6 Å². The molecule has 0 saturated carbocycles. The number of rotatable bonds is 11. The second-order valence-electron chi connectivity index (χ2n) is 6.24. The standard InChI is InChI=1S/C18H34N6OS/c1-6-24(7-2)12-8-9-14(3)23-18(19-5)21-11-10-20-17(25)16-15(4)22-13-26-16/h13-14H,6-12H2,1-5H3,(H,20,25)(H2,19,21,23). The molecule has 148 valence electrons. The van der Waals surface area contributed by atoms with E-state index >= 15 is 0 Å². The van der Waals surface area contributed by atoms with E-state index in [2.05, 4.69) is 51.6 Å². The summed E-state index contributed by atoms with van der Waals surface area (Å²) in [5.74, 6) is 0.697. The fourth-order valence-corrected chi connectivity index (χ4v) is 3.34. The largest absolute Gasteiger partial charge is 0.355 e. The Labute approximate surface area is 161 Å². The SMILES string of the molecule is CCN(CC)CCCC(C)NC(=NC)NCCNC(=O)c1scnc1C. The van der Waals surface area contributed by atoms with Crippen molar-refractivity contribution in [1.29, 1.82) is 0 Å². The first-order valence-electron chi connectivity index (χ1n) is 9.39. The summed E-state index contributed by atoms with van der Waals surface area (Å²) in [5, 5.41) is 9.54. The van der Waals surface area contributed by atoms with Gasteiger partial charge >= 0.3 is 0 Å². The molecule has 0 fully saturated rings. The Balaban J connectivity index is 2.22. The van der Waals surface area contributed by atoms with Crippen molar-refractivity contribution in [2.24, 2.45) is 4.99 Å². The lowest BCUT2D eigenvalue weighted by Crippen LogP contribution is -2.45. The van der Waals surface area contributed by atoms with Crippen molar-refractivity contribution in [3.05, 3.63) is 16.1 Å². The Kier molecular flexibility index (Phi) is 10.9. The van der Waals surface area contributed by atoms with E-state index in [9.17, 15) is 4.79 Å². The van der Waals surface area contributed by atoms with Crippen LogP contribution in [0.5, 0.6) is 0 Å². The van der Waals surface area contributed by atoms with Gasteiger partial charge in [0.25, 0.3) is 5.91 Å². The van der Waals surface area contributed by atoms with Gasteiger partial charge in [0.1, 0.15) is 4.88 Å². The van der Waals surface area contributed by atoms with E-state index < -0.39 is 0 Å². The molecule has 3 N–H and O–H groups in total. The Bertz CT molecular complexity index is 556. The van der Waals surface area contributed by atoms with E-state index in [4.69, 9.17) is 0 Å². The highest BCUT2D eigenvalue weighted by Gasteiger charge is 2.11. The van der Waals surface area contributed by atoms with Gasteiger partial charge in [0.2, 0.25) is 0 Å². The zero-order valence-electron chi connectivity index (χ0n) is 16.8. The van der Waals surface area contributed by atoms with Crippen LogP contribution in [-0.2, 0) is 0 Å². The topological polar surface area (TPSA) is 81.6 Å². The number of carbonyl (C=O) groups is 1. The van der Waals surface area contributed by atoms with Gasteiger partial charge in [0.15, 0.2) is 5.96 Å². The highest BCUT2D eigenvalue weighted by atomic mass is 32.1. The van der Waals surface area contributed by atoms with Crippen LogP contribution < -0.4 is 16.0 Å². The summed E-state index contributed by atoms with van der Waals surface area (Å²) in [7, 11) is 1.76. The molecule has 0 radical (unpaired) electrons. The lowest BCUT2D eigenvalue weighted by molar-refractivity contribution is 0.0957. The lowest BCUT2D eigenvalue weighted by Gasteiger charge is -2.21. The van der Waals surface area contributed by atoms with Gasteiger partial charge in [0.05, 0.1) is 11.2 Å². The number of aryl methyl sites for hydroxylation is 1. The average Bonchev–Trinajstić information content (AvgIpc) is 3.07. The summed E-state index contributed by atoms with van der Waals surface area (Å²) in [6.07, 6.45) is 2.26. The maximum atomic E-state index is 12.0. The number of amides is 1. The van der Waals surface area contributed by atoms with E-state index in [-0.39, 0.29) is 5.91 Å². The highest BCUT2D eigenvalue weighted by molar-refractivity contribution is 7.11. The molecule has 7 nitrogen and oxygen atoms in total. The molecule has 1 rings (SSSR count). The number of nitrogens with zero attached hydrogens (tertiary/aromatic N) is 3. The van der Waals surface area contributed by atoms with Crippen molar-refractivity contribution in [3.8, 4) is 0 Å². The maximum Gasteiger partial charge on any atom is 0.263 e. The Morgan fingerprint density at radius 2 is 2.00 bits per heavy atom. The molecule has 8 heteroatoms. The summed E-state index contributed by atoms with van der Waals surface area (Å²) >= 11 is 1.36. The van der Waals surface area contributed by atoms with E-state index in [1.807, 2.05) is 6.92 Å². The number of hydrogen-bond acceptors (Lipinski definition) is 5. The van der Waals surface area contributed by atoms with Crippen molar-refractivity contribution in [2.75, 3.05) is 39.8 Å². The third-order valence-electron chi connectivity index (χ3n) is 4.27. The average molecular weight is 383 g/mol. The number of guanidine groups is 1. The lowest BCUT2D eigenvalue weighted by atomic mass is 10.2. The zero-order valence-corrected chi connectivity index (χ0v) is 17.6. The van der Waals surface area contributed by atoms with Crippen LogP contribution in [0.1, 0.15) is 49.0 Å². The highest BCUT2D eigenvalue weighted by Crippen LogP contribution is 2.11. The first-order valence-corrected chi connectivity index (χ1v) is 10.3. The van der Waals surface area contributed by atoms with Gasteiger partial charge in [-0.05, 0) is 46.3 Å². The van der Waals surface area contributed by atoms with Gasteiger partial charge in [-0.3, -0.25) is 9.79 Å². The molecule has 1 atom stereocenters. The summed E-state index contributed by atoms with van der Waals surface area (Å²) in [5.41, 5.74) is 2.46. The monoisotopic (exact) mass is 382 g/mol. The van der Waals surface area contributed by atoms with Crippen molar-refractivity contribution < 1.29 is 4.79 Å². The molecule has 0 spiro atoms. The summed E-state index contributed by atoms with van der Waals surface area (Å²) < 4.78 is 0. The molecule has 0 saturated heterocycles. The molecule has 1 aromatic heterocycles. The molecule has 1 amide bonds. The second-order valence-corrected chi connectivity index (χ2v) is 7.09. The molecule has 0 aliphatic carbocycles. The Hall–Kier alpha value is -1.67. The molecule has 0 aliphatic heterocycles. The van der Waals surface area contributed by atoms with Crippen LogP contribution in [0.15, 0.2) is 10.5 Å². The van der Waals surface area contributed by atoms with Crippen LogP contribution in [0.25, 0.3) is 0 Å². The molecule has 26 heavy (non-hydrogen) atoms. The molecule has 1 heterocycles. The van der Waals surface area contributed by atoms with Crippen LogP contribution in [0.2, 0.25) is 0 Å². The molecule has 1 unspecified atom stereocenters. The predicted octanol–water partition coefficient (Wildman–Crippen LogP) is 1.86. The number of thiazole rings is 1. The van der Waals surface area contributed by atoms with Gasteiger partial charge in [-0.15, -0.1) is 11.3 Å². The third kappa shape index (κ3) is 8.14. The van der Waals surface area contributed by atoms with Crippen LogP contribution in [0.4, 0.5) is 0 Å². The van der Waals surface area contributed by atoms with E-state index in [0.29, 0.717) is 24.0 Å². The fraction of sp³-hybridized carbons (Fsp3) is 0.722. The zero-order chi connectivity index (χ0) is 19.4. The van der Waals surface area contributed by atoms with Crippen molar-refractivity contribution in [3.63, 3.8) is 0 Å². The molecule has 0 bridgehead atoms. The van der Waals surface area contributed by atoms with E-state index in [1.54, 1.807) is 12.6 Å². The van der Waals surface area contributed by atoms with E-state index in [1.165, 1.54) is 11.3 Å². The van der Waals surface area contributed by atoms with Gasteiger partial charge in [-0.2, -0.15) is 0 Å². The smallest absolute Gasteiger partial charge is 0.263 e. The summed E-state index contributed by atoms with van der Waals surface area (Å²) in [6, 6.07) is 0.353.